The van der Waals surface area contributed by atoms with Gasteiger partial charge in [0.25, 0.3) is 0 Å². The molecule has 0 saturated carbocycles. The average Bonchev–Trinajstić information content (AvgIpc) is 2.28. The number of rotatable bonds is 6. The van der Waals surface area contributed by atoms with Crippen LogP contribution in [-0.2, 0) is 10.0 Å². The number of sulfonamides is 1. The second-order valence-electron chi connectivity index (χ2n) is 4.28. The van der Waals surface area contributed by atoms with E-state index in [1.165, 1.54) is 4.90 Å². The lowest BCUT2D eigenvalue weighted by Gasteiger charge is -2.09. The summed E-state index contributed by atoms with van der Waals surface area (Å²) in [6.07, 6.45) is 0.672. The van der Waals surface area contributed by atoms with Crippen molar-refractivity contribution in [3.63, 3.8) is 0 Å². The summed E-state index contributed by atoms with van der Waals surface area (Å²) >= 11 is 0. The molecule has 0 amide bonds. The zero-order valence-electron chi connectivity index (χ0n) is 10.3. The average molecular weight is 279 g/mol. The smallest absolute Gasteiger partial charge is 0.240 e. The van der Waals surface area contributed by atoms with Gasteiger partial charge < -0.3 is 4.90 Å². The number of nitrogens with one attached hydrogen (secondary N) is 2. The van der Waals surface area contributed by atoms with Crippen molar-refractivity contribution in [3.05, 3.63) is 29.8 Å². The fourth-order valence-corrected chi connectivity index (χ4v) is 2.46. The highest BCUT2D eigenvalue weighted by molar-refractivity contribution is 7.89. The van der Waals surface area contributed by atoms with Crippen molar-refractivity contribution in [2.45, 2.75) is 11.3 Å². The standard InChI is InChI=1S/C11H16F2N2O2S/c1-15(2)7-3-6-14-18(16,17)9-4-5-10(12)11(13)8-9/h4-5,8,14H,3,6-7H2,1-2H3/p+1. The van der Waals surface area contributed by atoms with Crippen LogP contribution in [0.25, 0.3) is 0 Å². The van der Waals surface area contributed by atoms with E-state index in [2.05, 4.69) is 4.72 Å². The van der Waals surface area contributed by atoms with Crippen LogP contribution < -0.4 is 9.62 Å². The summed E-state index contributed by atoms with van der Waals surface area (Å²) in [7, 11) is 0.161. The minimum absolute atomic E-state index is 0.265. The van der Waals surface area contributed by atoms with Gasteiger partial charge in [-0.15, -0.1) is 0 Å². The van der Waals surface area contributed by atoms with Gasteiger partial charge in [0.05, 0.1) is 25.5 Å². The molecule has 0 atom stereocenters. The number of hydrogen-bond donors (Lipinski definition) is 2. The van der Waals surface area contributed by atoms with Crippen molar-refractivity contribution >= 4 is 10.0 Å². The Morgan fingerprint density at radius 1 is 1.22 bits per heavy atom. The highest BCUT2D eigenvalue weighted by atomic mass is 32.2. The third-order valence-corrected chi connectivity index (χ3v) is 3.81. The molecule has 0 aliphatic heterocycles. The maximum absolute atomic E-state index is 12.9. The van der Waals surface area contributed by atoms with Crippen molar-refractivity contribution in [1.29, 1.82) is 0 Å². The van der Waals surface area contributed by atoms with E-state index >= 15 is 0 Å². The van der Waals surface area contributed by atoms with Crippen LogP contribution in [0, 0.1) is 11.6 Å². The van der Waals surface area contributed by atoms with Crippen LogP contribution in [-0.4, -0.2) is 35.6 Å². The van der Waals surface area contributed by atoms with Gasteiger partial charge in [0.2, 0.25) is 10.0 Å². The van der Waals surface area contributed by atoms with Crippen LogP contribution in [0.3, 0.4) is 0 Å². The molecular formula is C11H17F2N2O2S+. The van der Waals surface area contributed by atoms with Gasteiger partial charge in [0.15, 0.2) is 11.6 Å². The first-order valence-electron chi connectivity index (χ1n) is 5.56. The minimum atomic E-state index is -3.76. The molecule has 4 nitrogen and oxygen atoms in total. The Morgan fingerprint density at radius 3 is 2.44 bits per heavy atom. The molecule has 0 bridgehead atoms. The maximum Gasteiger partial charge on any atom is 0.240 e. The summed E-state index contributed by atoms with van der Waals surface area (Å²) in [5.74, 6) is -2.24. The van der Waals surface area contributed by atoms with Crippen molar-refractivity contribution < 1.29 is 22.1 Å². The lowest BCUT2D eigenvalue weighted by molar-refractivity contribution is -0.858. The molecular weight excluding hydrogens is 262 g/mol. The van der Waals surface area contributed by atoms with Crippen LogP contribution in [0.5, 0.6) is 0 Å². The predicted molar refractivity (Wildman–Crippen MR) is 63.8 cm³/mol. The van der Waals surface area contributed by atoms with Crippen molar-refractivity contribution in [2.75, 3.05) is 27.2 Å². The lowest BCUT2D eigenvalue weighted by atomic mass is 10.3. The van der Waals surface area contributed by atoms with Crippen molar-refractivity contribution in [2.24, 2.45) is 0 Å². The van der Waals surface area contributed by atoms with Crippen LogP contribution in [0.1, 0.15) is 6.42 Å². The molecule has 1 aromatic carbocycles. The third kappa shape index (κ3) is 4.32. The minimum Gasteiger partial charge on any atom is -0.340 e. The normalized spacial score (nSPS) is 12.1. The first-order valence-corrected chi connectivity index (χ1v) is 7.05. The summed E-state index contributed by atoms with van der Waals surface area (Å²) in [4.78, 5) is 0.945. The topological polar surface area (TPSA) is 50.6 Å². The Kier molecular flexibility index (Phi) is 5.18. The van der Waals surface area contributed by atoms with Gasteiger partial charge in [-0.3, -0.25) is 0 Å². The molecule has 18 heavy (non-hydrogen) atoms. The maximum atomic E-state index is 12.9. The van der Waals surface area contributed by atoms with Gasteiger partial charge in [0.1, 0.15) is 0 Å². The van der Waals surface area contributed by atoms with Crippen LogP contribution in [0.2, 0.25) is 0 Å². The molecule has 0 heterocycles. The molecule has 0 radical (unpaired) electrons. The van der Waals surface area contributed by atoms with Crippen LogP contribution in [0.15, 0.2) is 23.1 Å². The highest BCUT2D eigenvalue weighted by Crippen LogP contribution is 2.13. The molecule has 102 valence electrons. The second-order valence-corrected chi connectivity index (χ2v) is 6.05. The Labute approximate surface area is 106 Å². The van der Waals surface area contributed by atoms with Gasteiger partial charge in [0, 0.05) is 13.0 Å². The Bertz CT molecular complexity index is 504. The Balaban J connectivity index is 2.66. The molecule has 0 aromatic heterocycles. The largest absolute Gasteiger partial charge is 0.340 e. The molecule has 1 rings (SSSR count). The van der Waals surface area contributed by atoms with Gasteiger partial charge in [-0.2, -0.15) is 0 Å². The molecule has 0 spiro atoms. The van der Waals surface area contributed by atoms with E-state index in [4.69, 9.17) is 0 Å². The molecule has 0 unspecified atom stereocenters. The Morgan fingerprint density at radius 2 is 1.89 bits per heavy atom. The summed E-state index contributed by atoms with van der Waals surface area (Å²) in [6, 6.07) is 2.51. The number of quaternary nitrogens is 1. The summed E-state index contributed by atoms with van der Waals surface area (Å²) in [5, 5.41) is 0. The zero-order chi connectivity index (χ0) is 13.8. The summed E-state index contributed by atoms with van der Waals surface area (Å²) in [6.45, 7) is 1.09. The van der Waals surface area contributed by atoms with E-state index in [1.807, 2.05) is 14.1 Å². The quantitative estimate of drug-likeness (QED) is 0.707. The Hall–Kier alpha value is -1.05. The van der Waals surface area contributed by atoms with Crippen molar-refractivity contribution in [1.82, 2.24) is 4.72 Å². The molecule has 0 fully saturated rings. The zero-order valence-corrected chi connectivity index (χ0v) is 11.2. The highest BCUT2D eigenvalue weighted by Gasteiger charge is 2.15. The predicted octanol–water partition coefficient (Wildman–Crippen LogP) is -0.222. The molecule has 0 saturated heterocycles. The van der Waals surface area contributed by atoms with E-state index in [9.17, 15) is 17.2 Å². The molecule has 0 aliphatic carbocycles. The molecule has 2 N–H and O–H groups in total. The third-order valence-electron chi connectivity index (χ3n) is 2.35. The molecule has 7 heteroatoms. The monoisotopic (exact) mass is 279 g/mol. The van der Waals surface area contributed by atoms with E-state index in [0.29, 0.717) is 12.5 Å². The van der Waals surface area contributed by atoms with Gasteiger partial charge in [-0.25, -0.2) is 21.9 Å². The number of halogens is 2. The van der Waals surface area contributed by atoms with Gasteiger partial charge in [-0.05, 0) is 18.2 Å². The first kappa shape index (κ1) is 15.0. The number of hydrogen-bond acceptors (Lipinski definition) is 2. The lowest BCUT2D eigenvalue weighted by Crippen LogP contribution is -3.05. The fraction of sp³-hybridized carbons (Fsp3) is 0.455. The van der Waals surface area contributed by atoms with E-state index in [-0.39, 0.29) is 11.4 Å². The number of benzene rings is 1. The summed E-state index contributed by atoms with van der Waals surface area (Å²) in [5.41, 5.74) is 0. The van der Waals surface area contributed by atoms with Gasteiger partial charge in [-0.1, -0.05) is 0 Å². The molecule has 0 aliphatic rings. The van der Waals surface area contributed by atoms with E-state index in [0.717, 1.165) is 18.7 Å². The van der Waals surface area contributed by atoms with Gasteiger partial charge >= 0.3 is 0 Å². The van der Waals surface area contributed by atoms with E-state index in [1.54, 1.807) is 0 Å². The first-order chi connectivity index (χ1) is 8.33. The van der Waals surface area contributed by atoms with E-state index < -0.39 is 21.7 Å². The summed E-state index contributed by atoms with van der Waals surface area (Å²) < 4.78 is 51.4. The second kappa shape index (κ2) is 6.21. The van der Waals surface area contributed by atoms with Crippen LogP contribution >= 0.6 is 0 Å². The van der Waals surface area contributed by atoms with Crippen LogP contribution in [0.4, 0.5) is 8.78 Å². The SMILES string of the molecule is C[NH+](C)CCCNS(=O)(=O)c1ccc(F)c(F)c1. The van der Waals surface area contributed by atoms with Crippen molar-refractivity contribution in [3.8, 4) is 0 Å². The fourth-order valence-electron chi connectivity index (χ4n) is 1.38. The molecule has 1 aromatic rings.